The topological polar surface area (TPSA) is 90.9 Å². The van der Waals surface area contributed by atoms with E-state index in [2.05, 4.69) is 21.1 Å². The number of aryl methyl sites for hydroxylation is 1. The van der Waals surface area contributed by atoms with Gasteiger partial charge < -0.3 is 14.6 Å². The highest BCUT2D eigenvalue weighted by molar-refractivity contribution is 8.04. The first kappa shape index (κ1) is 16.6. The Morgan fingerprint density at radius 2 is 2.30 bits per heavy atom. The minimum Gasteiger partial charge on any atom is -0.544 e. The molecule has 0 unspecified atom stereocenters. The molecule has 2 rings (SSSR count). The Balaban J connectivity index is 2.28. The molecule has 0 fully saturated rings. The Bertz CT molecular complexity index is 762. The van der Waals surface area contributed by atoms with Gasteiger partial charge in [0.05, 0.1) is 5.97 Å². The maximum atomic E-state index is 11.4. The normalized spacial score (nSPS) is 11.0. The van der Waals surface area contributed by atoms with Crippen LogP contribution in [-0.4, -0.2) is 27.8 Å². The Labute approximate surface area is 138 Å². The van der Waals surface area contributed by atoms with Gasteiger partial charge in [-0.1, -0.05) is 31.0 Å². The van der Waals surface area contributed by atoms with Gasteiger partial charge in [-0.25, -0.2) is 4.98 Å². The number of hydrogen-bond donors (Lipinski definition) is 1. The van der Waals surface area contributed by atoms with E-state index in [0.717, 1.165) is 11.8 Å². The van der Waals surface area contributed by atoms with Gasteiger partial charge in [-0.15, -0.1) is 11.5 Å². The fourth-order valence-corrected chi connectivity index (χ4v) is 2.41. The third-order valence-electron chi connectivity index (χ3n) is 2.77. The van der Waals surface area contributed by atoms with Crippen molar-refractivity contribution in [1.82, 2.24) is 15.2 Å². The van der Waals surface area contributed by atoms with E-state index in [-0.39, 0.29) is 11.5 Å². The van der Waals surface area contributed by atoms with Gasteiger partial charge in [0.15, 0.2) is 0 Å². The molecule has 7 heteroatoms. The first-order chi connectivity index (χ1) is 11.1. The van der Waals surface area contributed by atoms with Crippen LogP contribution in [0.4, 0.5) is 0 Å². The molecule has 0 spiro atoms. The van der Waals surface area contributed by atoms with Gasteiger partial charge in [-0.2, -0.15) is 0 Å². The molecule has 2 aromatic rings. The molecule has 1 aromatic heterocycles. The highest BCUT2D eigenvalue weighted by Crippen LogP contribution is 2.28. The summed E-state index contributed by atoms with van der Waals surface area (Å²) in [6.45, 7) is 2.02. The zero-order chi connectivity index (χ0) is 16.7. The van der Waals surface area contributed by atoms with Crippen LogP contribution in [-0.2, 0) is 11.2 Å². The number of nitrogens with zero attached hydrogens (tertiary/aromatic N) is 2. The van der Waals surface area contributed by atoms with Gasteiger partial charge in [0, 0.05) is 16.9 Å². The fourth-order valence-electron chi connectivity index (χ4n) is 1.70. The van der Waals surface area contributed by atoms with E-state index in [1.807, 2.05) is 6.92 Å². The van der Waals surface area contributed by atoms with Crippen molar-refractivity contribution in [3.8, 4) is 18.1 Å². The molecule has 6 nitrogen and oxygen atoms in total. The van der Waals surface area contributed by atoms with Crippen molar-refractivity contribution < 1.29 is 14.6 Å². The molecule has 0 atom stereocenters. The number of para-hydroxylation sites is 1. The second kappa shape index (κ2) is 8.06. The number of carboxylic acids is 1. The summed E-state index contributed by atoms with van der Waals surface area (Å²) < 4.78 is 5.40. The predicted octanol–water partition coefficient (Wildman–Crippen LogP) is 1.26. The van der Waals surface area contributed by atoms with Crippen LogP contribution in [0.25, 0.3) is 6.08 Å². The summed E-state index contributed by atoms with van der Waals surface area (Å²) in [5.74, 6) is 2.23. The van der Waals surface area contributed by atoms with E-state index in [1.165, 1.54) is 6.08 Å². The number of benzene rings is 1. The van der Waals surface area contributed by atoms with Crippen LogP contribution in [0.5, 0.6) is 5.75 Å². The number of rotatable bonds is 7. The molecule has 0 bridgehead atoms. The van der Waals surface area contributed by atoms with Crippen molar-refractivity contribution in [3.05, 3.63) is 40.6 Å². The van der Waals surface area contributed by atoms with E-state index < -0.39 is 5.97 Å². The van der Waals surface area contributed by atoms with Crippen molar-refractivity contribution >= 4 is 23.8 Å². The lowest BCUT2D eigenvalue weighted by molar-refractivity contribution is -0.297. The van der Waals surface area contributed by atoms with Crippen LogP contribution in [0.3, 0.4) is 0 Å². The van der Waals surface area contributed by atoms with Crippen molar-refractivity contribution in [2.24, 2.45) is 0 Å². The quantitative estimate of drug-likeness (QED) is 0.467. The average Bonchev–Trinajstić information content (AvgIpc) is 3.01. The number of carbonyl (C=O) groups is 1. The number of H-pyrrole nitrogens is 1. The Kier molecular flexibility index (Phi) is 5.83. The number of terminal acetylenes is 1. The monoisotopic (exact) mass is 328 g/mol. The maximum absolute atomic E-state index is 11.4. The van der Waals surface area contributed by atoms with E-state index in [4.69, 9.17) is 11.2 Å². The molecule has 0 saturated heterocycles. The zero-order valence-electron chi connectivity index (χ0n) is 12.4. The third-order valence-corrected chi connectivity index (χ3v) is 3.63. The number of aromatic nitrogens is 3. The number of ether oxygens (including phenoxy) is 1. The largest absolute Gasteiger partial charge is 0.544 e. The number of hydrogen-bond acceptors (Lipinski definition) is 6. The van der Waals surface area contributed by atoms with Crippen LogP contribution < -0.4 is 9.84 Å². The average molecular weight is 328 g/mol. The summed E-state index contributed by atoms with van der Waals surface area (Å²) >= 11 is 0.910. The van der Waals surface area contributed by atoms with Crippen molar-refractivity contribution in [2.75, 3.05) is 6.61 Å². The van der Waals surface area contributed by atoms with Gasteiger partial charge in [-0.3, -0.25) is 5.10 Å². The van der Waals surface area contributed by atoms with E-state index in [1.54, 1.807) is 24.3 Å². The van der Waals surface area contributed by atoms with Crippen LogP contribution in [0.2, 0.25) is 0 Å². The lowest BCUT2D eigenvalue weighted by atomic mass is 10.2. The summed E-state index contributed by atoms with van der Waals surface area (Å²) in [6, 6.07) is 6.99. The lowest BCUT2D eigenvalue weighted by Crippen LogP contribution is -2.23. The van der Waals surface area contributed by atoms with Crippen LogP contribution in [0.15, 0.2) is 34.3 Å². The number of thioether (sulfide) groups is 1. The molecule has 23 heavy (non-hydrogen) atoms. The number of aliphatic carboxylic acids is 1. The van der Waals surface area contributed by atoms with E-state index in [0.29, 0.717) is 28.7 Å². The summed E-state index contributed by atoms with van der Waals surface area (Å²) in [5, 5.41) is 18.4. The fraction of sp³-hybridized carbons (Fsp3) is 0.188. The predicted molar refractivity (Wildman–Crippen MR) is 85.4 cm³/mol. The van der Waals surface area contributed by atoms with E-state index >= 15 is 0 Å². The minimum atomic E-state index is -1.32. The number of carboxylic acid groups (broad SMARTS) is 1. The minimum absolute atomic E-state index is 0.0246. The molecular weight excluding hydrogens is 314 g/mol. The van der Waals surface area contributed by atoms with Crippen LogP contribution in [0.1, 0.15) is 18.3 Å². The smallest absolute Gasteiger partial charge is 0.213 e. The number of carbonyl (C=O) groups excluding carboxylic acids is 1. The molecule has 1 aromatic carbocycles. The molecule has 0 aliphatic heterocycles. The molecule has 118 valence electrons. The second-order valence-electron chi connectivity index (χ2n) is 4.35. The highest BCUT2D eigenvalue weighted by atomic mass is 32.2. The Morgan fingerprint density at radius 3 is 2.96 bits per heavy atom. The van der Waals surface area contributed by atoms with Gasteiger partial charge in [-0.05, 0) is 23.9 Å². The highest BCUT2D eigenvalue weighted by Gasteiger charge is 2.09. The molecule has 1 N–H and O–H groups in total. The Morgan fingerprint density at radius 1 is 1.52 bits per heavy atom. The van der Waals surface area contributed by atoms with Crippen molar-refractivity contribution in [2.45, 2.75) is 18.5 Å². The standard InChI is InChI=1S/C16H15N3O3S/c1-3-9-22-12-8-6-5-7-11(12)10-13(15(20)21)23-16-17-14(4-2)18-19-16/h1,5-8,10H,4,9H2,2H3,(H,20,21)(H,17,18,19)/p-1/b13-10-. The SMILES string of the molecule is C#CCOc1ccccc1/C=C(\Sc1n[nH]c(CC)n1)C(=O)[O-]. The molecule has 0 aliphatic carbocycles. The molecule has 0 aliphatic rings. The first-order valence-electron chi connectivity index (χ1n) is 6.81. The number of nitrogens with one attached hydrogen (secondary N) is 1. The zero-order valence-corrected chi connectivity index (χ0v) is 13.2. The lowest BCUT2D eigenvalue weighted by Gasteiger charge is -2.09. The van der Waals surface area contributed by atoms with Crippen molar-refractivity contribution in [3.63, 3.8) is 0 Å². The summed E-state index contributed by atoms with van der Waals surface area (Å²) in [5.41, 5.74) is 0.584. The van der Waals surface area contributed by atoms with Gasteiger partial charge in [0.25, 0.3) is 0 Å². The van der Waals surface area contributed by atoms with Gasteiger partial charge in [0.2, 0.25) is 5.16 Å². The number of aromatic amines is 1. The molecule has 0 saturated carbocycles. The van der Waals surface area contributed by atoms with Gasteiger partial charge in [0.1, 0.15) is 18.2 Å². The second-order valence-corrected chi connectivity index (χ2v) is 5.36. The Hall–Kier alpha value is -2.72. The maximum Gasteiger partial charge on any atom is 0.213 e. The molecular formula is C16H14N3O3S-. The summed E-state index contributed by atoms with van der Waals surface area (Å²) in [4.78, 5) is 15.5. The summed E-state index contributed by atoms with van der Waals surface area (Å²) in [7, 11) is 0. The summed E-state index contributed by atoms with van der Waals surface area (Å²) in [6.07, 6.45) is 7.31. The van der Waals surface area contributed by atoms with E-state index in [9.17, 15) is 9.90 Å². The molecule has 0 amide bonds. The first-order valence-corrected chi connectivity index (χ1v) is 7.63. The van der Waals surface area contributed by atoms with Crippen LogP contribution in [0, 0.1) is 12.3 Å². The molecule has 1 heterocycles. The van der Waals surface area contributed by atoms with Crippen molar-refractivity contribution in [1.29, 1.82) is 0 Å². The molecule has 0 radical (unpaired) electrons. The van der Waals surface area contributed by atoms with Gasteiger partial charge >= 0.3 is 0 Å². The van der Waals surface area contributed by atoms with Crippen LogP contribution >= 0.6 is 11.8 Å². The third kappa shape index (κ3) is 4.63.